The summed E-state index contributed by atoms with van der Waals surface area (Å²) in [7, 11) is 0. The van der Waals surface area contributed by atoms with Crippen molar-refractivity contribution in [2.75, 3.05) is 18.4 Å². The number of aryl methyl sites for hydroxylation is 1. The molecule has 1 aromatic rings. The van der Waals surface area contributed by atoms with Crippen molar-refractivity contribution in [3.05, 3.63) is 29.3 Å². The van der Waals surface area contributed by atoms with Crippen molar-refractivity contribution >= 4 is 17.5 Å². The Kier molecular flexibility index (Phi) is 3.07. The monoisotopic (exact) mass is 324 g/mol. The summed E-state index contributed by atoms with van der Waals surface area (Å²) in [5.74, 6) is 3.01. The van der Waals surface area contributed by atoms with Crippen molar-refractivity contribution < 1.29 is 9.59 Å². The highest BCUT2D eigenvalue weighted by Gasteiger charge is 2.52. The van der Waals surface area contributed by atoms with Gasteiger partial charge in [0.2, 0.25) is 11.8 Å². The number of likely N-dealkylation sites (tertiary alicyclic amines) is 1. The summed E-state index contributed by atoms with van der Waals surface area (Å²) >= 11 is 0. The molecule has 4 heteroatoms. The van der Waals surface area contributed by atoms with E-state index in [1.807, 2.05) is 25.1 Å². The fourth-order valence-corrected chi connectivity index (χ4v) is 5.84. The highest BCUT2D eigenvalue weighted by Crippen LogP contribution is 2.55. The number of nitrogens with zero attached hydrogens (tertiary/aromatic N) is 1. The molecule has 2 saturated carbocycles. The van der Waals surface area contributed by atoms with Gasteiger partial charge in [-0.15, -0.1) is 0 Å². The number of benzene rings is 1. The lowest BCUT2D eigenvalue weighted by Gasteiger charge is -2.22. The Hall–Kier alpha value is -1.84. The number of carbonyl (C=O) groups is 2. The van der Waals surface area contributed by atoms with Crippen LogP contribution in [0.5, 0.6) is 0 Å². The molecule has 0 radical (unpaired) electrons. The van der Waals surface area contributed by atoms with Gasteiger partial charge >= 0.3 is 0 Å². The third-order valence-corrected chi connectivity index (χ3v) is 7.03. The number of fused-ring (bicyclic) bond motifs is 6. The standard InChI is InChI=1S/C20H24N2O2/c1-11-2-5-18-14(6-11)15(20(24)21-18)8-19(23)22-9-16-12-3-4-13(7-12)17(16)10-22/h2,5-6,12-13,15-17H,3-4,7-10H2,1H3,(H,21,24)/t12-,13+,15?,16-,17+. The first-order valence-electron chi connectivity index (χ1n) is 9.29. The van der Waals surface area contributed by atoms with Crippen LogP contribution in [-0.4, -0.2) is 29.8 Å². The minimum absolute atomic E-state index is 0.0246. The number of anilines is 1. The molecule has 1 N–H and O–H groups in total. The maximum absolute atomic E-state index is 12.9. The minimum Gasteiger partial charge on any atom is -0.342 e. The average Bonchev–Trinajstić information content (AvgIpc) is 3.29. The first-order chi connectivity index (χ1) is 11.6. The summed E-state index contributed by atoms with van der Waals surface area (Å²) in [5.41, 5.74) is 3.00. The van der Waals surface area contributed by atoms with Gasteiger partial charge in [-0.05, 0) is 61.5 Å². The SMILES string of the molecule is Cc1ccc2c(c1)C(CC(=O)N1C[C@@H]3[C@@H]4CC[C@@H](C4)[C@@H]3C1)C(=O)N2. The second-order valence-corrected chi connectivity index (χ2v) is 8.30. The van der Waals surface area contributed by atoms with Crippen molar-refractivity contribution in [2.45, 2.75) is 38.5 Å². The third-order valence-electron chi connectivity index (χ3n) is 7.03. The summed E-state index contributed by atoms with van der Waals surface area (Å²) in [6.45, 7) is 3.89. The van der Waals surface area contributed by atoms with Crippen LogP contribution in [0.3, 0.4) is 0 Å². The molecule has 2 aliphatic carbocycles. The molecule has 1 unspecified atom stereocenters. The largest absolute Gasteiger partial charge is 0.342 e. The number of rotatable bonds is 2. The maximum atomic E-state index is 12.9. The molecule has 4 aliphatic rings. The summed E-state index contributed by atoms with van der Waals surface area (Å²) in [6, 6.07) is 6.00. The second-order valence-electron chi connectivity index (χ2n) is 8.30. The second kappa shape index (κ2) is 5.08. The molecule has 1 aromatic carbocycles. The molecule has 0 spiro atoms. The zero-order valence-corrected chi connectivity index (χ0v) is 14.1. The van der Waals surface area contributed by atoms with Crippen LogP contribution in [0.2, 0.25) is 0 Å². The normalized spacial score (nSPS) is 36.0. The molecule has 3 fully saturated rings. The van der Waals surface area contributed by atoms with E-state index in [-0.39, 0.29) is 17.7 Å². The lowest BCUT2D eigenvalue weighted by atomic mass is 9.82. The smallest absolute Gasteiger partial charge is 0.232 e. The Labute approximate surface area is 142 Å². The van der Waals surface area contributed by atoms with Gasteiger partial charge in [0, 0.05) is 25.2 Å². The van der Waals surface area contributed by atoms with E-state index in [0.717, 1.165) is 53.6 Å². The lowest BCUT2D eigenvalue weighted by Crippen LogP contribution is -2.32. The van der Waals surface area contributed by atoms with Crippen LogP contribution in [0.1, 0.15) is 42.7 Å². The highest BCUT2D eigenvalue weighted by molar-refractivity contribution is 6.05. The van der Waals surface area contributed by atoms with E-state index >= 15 is 0 Å². The van der Waals surface area contributed by atoms with Crippen molar-refractivity contribution in [2.24, 2.45) is 23.7 Å². The van der Waals surface area contributed by atoms with Crippen molar-refractivity contribution in [1.29, 1.82) is 0 Å². The first kappa shape index (κ1) is 14.5. The Morgan fingerprint density at radius 2 is 1.92 bits per heavy atom. The van der Waals surface area contributed by atoms with Gasteiger partial charge in [-0.25, -0.2) is 0 Å². The van der Waals surface area contributed by atoms with Gasteiger partial charge in [0.1, 0.15) is 0 Å². The van der Waals surface area contributed by atoms with Crippen molar-refractivity contribution in [3.63, 3.8) is 0 Å². The third kappa shape index (κ3) is 2.04. The van der Waals surface area contributed by atoms with Crippen LogP contribution >= 0.6 is 0 Å². The molecule has 2 bridgehead atoms. The van der Waals surface area contributed by atoms with Crippen LogP contribution in [0.4, 0.5) is 5.69 Å². The van der Waals surface area contributed by atoms with E-state index in [1.165, 1.54) is 19.3 Å². The van der Waals surface area contributed by atoms with Gasteiger partial charge in [0.25, 0.3) is 0 Å². The van der Waals surface area contributed by atoms with Crippen molar-refractivity contribution in [3.8, 4) is 0 Å². The molecule has 2 aliphatic heterocycles. The van der Waals surface area contributed by atoms with Crippen molar-refractivity contribution in [1.82, 2.24) is 4.90 Å². The van der Waals surface area contributed by atoms with Crippen LogP contribution < -0.4 is 5.32 Å². The van der Waals surface area contributed by atoms with Crippen LogP contribution in [0.15, 0.2) is 18.2 Å². The molecule has 2 heterocycles. The summed E-state index contributed by atoms with van der Waals surface area (Å²) in [4.78, 5) is 27.2. The van der Waals surface area contributed by atoms with E-state index in [4.69, 9.17) is 0 Å². The van der Waals surface area contributed by atoms with Crippen LogP contribution in [-0.2, 0) is 9.59 Å². The molecule has 1 saturated heterocycles. The predicted molar refractivity (Wildman–Crippen MR) is 91.6 cm³/mol. The maximum Gasteiger partial charge on any atom is 0.232 e. The molecular weight excluding hydrogens is 300 g/mol. The number of hydrogen-bond donors (Lipinski definition) is 1. The zero-order valence-electron chi connectivity index (χ0n) is 14.1. The number of hydrogen-bond acceptors (Lipinski definition) is 2. The summed E-state index contributed by atoms with van der Waals surface area (Å²) in [6.07, 6.45) is 4.45. The van der Waals surface area contributed by atoms with Gasteiger partial charge in [-0.1, -0.05) is 17.7 Å². The molecule has 5 rings (SSSR count). The van der Waals surface area contributed by atoms with Gasteiger partial charge in [0.05, 0.1) is 5.92 Å². The highest BCUT2D eigenvalue weighted by atomic mass is 16.2. The fraction of sp³-hybridized carbons (Fsp3) is 0.600. The molecule has 24 heavy (non-hydrogen) atoms. The average molecular weight is 324 g/mol. The molecule has 5 atom stereocenters. The van der Waals surface area contributed by atoms with Gasteiger partial charge in [-0.2, -0.15) is 0 Å². The Bertz CT molecular complexity index is 710. The van der Waals surface area contributed by atoms with Crippen LogP contribution in [0, 0.1) is 30.6 Å². The van der Waals surface area contributed by atoms with E-state index in [0.29, 0.717) is 6.42 Å². The Morgan fingerprint density at radius 3 is 2.62 bits per heavy atom. The van der Waals surface area contributed by atoms with E-state index < -0.39 is 0 Å². The van der Waals surface area contributed by atoms with E-state index in [1.54, 1.807) is 0 Å². The van der Waals surface area contributed by atoms with Gasteiger partial charge in [0.15, 0.2) is 0 Å². The minimum atomic E-state index is -0.315. The number of amides is 2. The van der Waals surface area contributed by atoms with Gasteiger partial charge < -0.3 is 10.2 Å². The van der Waals surface area contributed by atoms with E-state index in [9.17, 15) is 9.59 Å². The topological polar surface area (TPSA) is 49.4 Å². The molecular formula is C20H24N2O2. The quantitative estimate of drug-likeness (QED) is 0.909. The molecule has 4 nitrogen and oxygen atoms in total. The molecule has 126 valence electrons. The summed E-state index contributed by atoms with van der Waals surface area (Å²) in [5, 5.41) is 2.92. The van der Waals surface area contributed by atoms with Gasteiger partial charge in [-0.3, -0.25) is 9.59 Å². The number of nitrogens with one attached hydrogen (secondary N) is 1. The predicted octanol–water partition coefficient (Wildman–Crippen LogP) is 2.93. The van der Waals surface area contributed by atoms with Crippen LogP contribution in [0.25, 0.3) is 0 Å². The zero-order chi connectivity index (χ0) is 16.4. The van der Waals surface area contributed by atoms with E-state index in [2.05, 4.69) is 10.2 Å². The summed E-state index contributed by atoms with van der Waals surface area (Å²) < 4.78 is 0. The first-order valence-corrected chi connectivity index (χ1v) is 9.29. The Balaban J connectivity index is 1.32. The fourth-order valence-electron chi connectivity index (χ4n) is 5.84. The molecule has 2 amide bonds. The Morgan fingerprint density at radius 1 is 1.21 bits per heavy atom. The molecule has 0 aromatic heterocycles. The lowest BCUT2D eigenvalue weighted by molar-refractivity contribution is -0.132. The number of carbonyl (C=O) groups excluding carboxylic acids is 2.